The number of likely N-dealkylation sites (N-methyl/N-ethyl adjacent to an activating group) is 2. The summed E-state index contributed by atoms with van der Waals surface area (Å²) in [5, 5.41) is 0. The number of carbonyl (C=O) groups is 2. The number of anilines is 2. The lowest BCUT2D eigenvalue weighted by molar-refractivity contribution is -0.438. The molecule has 22 nitrogen and oxygen atoms in total. The van der Waals surface area contributed by atoms with Gasteiger partial charge in [-0.2, -0.15) is 9.15 Å². The molecule has 4 heterocycles. The number of ether oxygens (including phenoxy) is 2. The highest BCUT2D eigenvalue weighted by molar-refractivity contribution is 7.90. The maximum Gasteiger partial charge on any atom is 0.414 e. The second-order valence-corrected chi connectivity index (χ2v) is 41.0. The predicted octanol–water partition coefficient (Wildman–Crippen LogP) is 16.5. The Labute approximate surface area is 672 Å². The van der Waals surface area contributed by atoms with Gasteiger partial charge in [0.2, 0.25) is 11.4 Å². The number of hydrogen-bond donors (Lipinski definition) is 1. The van der Waals surface area contributed by atoms with E-state index in [9.17, 15) is 56.9 Å². The van der Waals surface area contributed by atoms with Crippen LogP contribution in [0.5, 0.6) is 0 Å². The van der Waals surface area contributed by atoms with Crippen molar-refractivity contribution in [3.63, 3.8) is 0 Å². The van der Waals surface area contributed by atoms with Gasteiger partial charge in [0.05, 0.1) is 52.6 Å². The number of rotatable bonds is 28. The first kappa shape index (κ1) is 90.5. The summed E-state index contributed by atoms with van der Waals surface area (Å²) < 4.78 is 142. The van der Waals surface area contributed by atoms with Crippen LogP contribution in [0.25, 0.3) is 0 Å². The van der Waals surface area contributed by atoms with Crippen molar-refractivity contribution >= 4 is 86.6 Å². The lowest BCUT2D eigenvalue weighted by atomic mass is 9.81. The van der Waals surface area contributed by atoms with Gasteiger partial charge in [0.1, 0.15) is 34.1 Å². The molecule has 0 saturated heterocycles. The Morgan fingerprint density at radius 2 is 0.761 bits per heavy atom. The van der Waals surface area contributed by atoms with Gasteiger partial charge in [-0.15, -0.1) is 0 Å². The summed E-state index contributed by atoms with van der Waals surface area (Å²) in [6.45, 7) is 30.8. The molecule has 6 aliphatic rings. The van der Waals surface area contributed by atoms with E-state index in [2.05, 4.69) is 178 Å². The van der Waals surface area contributed by atoms with Gasteiger partial charge >= 0.3 is 12.2 Å². The standard InChI is InChI=1S/C44H59N3O7S2.C43H57N3O8S2.H3N/c1-42(2,3)54-41(48)45(8)40-32(24-26-38-43(4,5)34-18-10-12-20-36(34)46(38)28-14-16-30-55(9,49)50)22-23-33(40)25-27-39-44(6,7)35-19-11-13-21-37(35)47(39)29-15-17-31-56(51,52)53;1-41(2,3)54-40(47)44(8)39-31(23-25-37-42(4,5)33-17-9-11-19-35(33)45(37)27-13-15-29-55(48,49)50)21-22-32(39)24-26-38-43(6,7)34-18-10-12-20-36(34)46(38)28-14-16-30-56(51,52)53;/h10-13,18-21,24-27H,14-17,22-23,28-31H2,1-9H3;9-12,17-20,23-26H,13-16,21-22,27-30H2,1-8H3,(H-,48,49,50,51,52,53);1H3. The summed E-state index contributed by atoms with van der Waals surface area (Å²) in [7, 11) is -12.5. The average Bonchev–Trinajstić information content (AvgIpc) is 1.61. The van der Waals surface area contributed by atoms with E-state index in [1.165, 1.54) is 11.8 Å². The monoisotopic (exact) mass is 1630 g/mol. The Bertz CT molecular complexity index is 4760. The number of benzene rings is 4. The largest absolute Gasteiger partial charge is 0.748 e. The molecule has 26 heteroatoms. The molecule has 616 valence electrons. The molecule has 0 spiro atoms. The number of allylic oxidation sites excluding steroid dienone is 14. The topological polar surface area (TPSA) is 314 Å². The first-order valence-electron chi connectivity index (χ1n) is 38.8. The average molecular weight is 1630 g/mol. The number of para-hydroxylation sites is 4. The molecule has 10 rings (SSSR count). The van der Waals surface area contributed by atoms with E-state index >= 15 is 0 Å². The zero-order chi connectivity index (χ0) is 82.5. The Morgan fingerprint density at radius 3 is 1.10 bits per heavy atom. The summed E-state index contributed by atoms with van der Waals surface area (Å²) in [6.07, 6.45) is 23.7. The molecule has 0 aromatic heterocycles. The van der Waals surface area contributed by atoms with E-state index < -0.39 is 75.1 Å². The Hall–Kier alpha value is -8.08. The van der Waals surface area contributed by atoms with E-state index in [1.54, 1.807) is 23.9 Å². The summed E-state index contributed by atoms with van der Waals surface area (Å²) in [4.78, 5) is 35.0. The molecule has 2 amide bonds. The molecule has 4 aliphatic heterocycles. The highest BCUT2D eigenvalue weighted by Gasteiger charge is 2.47. The third-order valence-electron chi connectivity index (χ3n) is 21.7. The van der Waals surface area contributed by atoms with Crippen LogP contribution in [0.2, 0.25) is 0 Å². The number of carbonyl (C=O) groups excluding carboxylic acids is 2. The second kappa shape index (κ2) is 35.6. The molecular formula is C87H119N7O15S4. The van der Waals surface area contributed by atoms with Gasteiger partial charge in [-0.25, -0.2) is 43.3 Å². The minimum atomic E-state index is -4.30. The van der Waals surface area contributed by atoms with E-state index in [0.717, 1.165) is 102 Å². The smallest absolute Gasteiger partial charge is 0.414 e. The van der Waals surface area contributed by atoms with E-state index in [-0.39, 0.29) is 58.6 Å². The number of fused-ring (bicyclic) bond motifs is 4. The van der Waals surface area contributed by atoms with Crippen LogP contribution in [0.3, 0.4) is 0 Å². The number of amides is 2. The Morgan fingerprint density at radius 1 is 0.442 bits per heavy atom. The Kier molecular flexibility index (Phi) is 28.5. The van der Waals surface area contributed by atoms with E-state index in [1.807, 2.05) is 84.0 Å². The maximum atomic E-state index is 13.7. The van der Waals surface area contributed by atoms with Crippen molar-refractivity contribution in [2.45, 2.75) is 207 Å². The molecular weight excluding hydrogens is 1510 g/mol. The molecule has 4 aromatic rings. The number of sulfone groups is 1. The normalized spacial score (nSPS) is 19.3. The van der Waals surface area contributed by atoms with Crippen LogP contribution in [0.4, 0.5) is 32.3 Å². The summed E-state index contributed by atoms with van der Waals surface area (Å²) in [5.41, 5.74) is 15.8. The molecule has 0 radical (unpaired) electrons. The molecule has 4 N–H and O–H groups in total. The minimum absolute atomic E-state index is 0. The second-order valence-electron chi connectivity index (χ2n) is 34.2. The molecule has 0 saturated carbocycles. The fourth-order valence-corrected chi connectivity index (χ4v) is 18.7. The van der Waals surface area contributed by atoms with Crippen LogP contribution in [0.1, 0.15) is 196 Å². The van der Waals surface area contributed by atoms with Gasteiger partial charge in [0, 0.05) is 138 Å². The fraction of sp³-hybridized carbons (Fsp3) is 0.494. The highest BCUT2D eigenvalue weighted by Crippen LogP contribution is 2.51. The molecule has 2 aliphatic carbocycles. The number of quaternary nitrogens is 1. The van der Waals surface area contributed by atoms with E-state index in [4.69, 9.17) is 9.47 Å². The van der Waals surface area contributed by atoms with Crippen molar-refractivity contribution in [3.05, 3.63) is 213 Å². The predicted molar refractivity (Wildman–Crippen MR) is 450 cm³/mol. The van der Waals surface area contributed by atoms with Gasteiger partial charge in [-0.3, -0.25) is 9.80 Å². The Balaban J connectivity index is 0.000000281. The van der Waals surface area contributed by atoms with Gasteiger partial charge in [-0.1, -0.05) is 125 Å². The van der Waals surface area contributed by atoms with Crippen molar-refractivity contribution in [1.82, 2.24) is 16.0 Å². The molecule has 0 fully saturated rings. The maximum absolute atomic E-state index is 13.7. The van der Waals surface area contributed by atoms with Crippen molar-refractivity contribution in [3.8, 4) is 0 Å². The van der Waals surface area contributed by atoms with Crippen LogP contribution in [-0.4, -0.2) is 171 Å². The van der Waals surface area contributed by atoms with Crippen LogP contribution in [0, 0.1) is 0 Å². The van der Waals surface area contributed by atoms with Crippen molar-refractivity contribution in [2.24, 2.45) is 0 Å². The lowest BCUT2D eigenvalue weighted by Crippen LogP contribution is -2.34. The van der Waals surface area contributed by atoms with Gasteiger partial charge in [-0.05, 0) is 191 Å². The quantitative estimate of drug-likeness (QED) is 0.0314. The molecule has 4 aromatic carbocycles. The first-order chi connectivity index (χ1) is 52.0. The van der Waals surface area contributed by atoms with Crippen LogP contribution < -0.4 is 16.0 Å². The van der Waals surface area contributed by atoms with Gasteiger partial charge in [0.25, 0.3) is 0 Å². The molecule has 0 unspecified atom stereocenters. The molecule has 0 bridgehead atoms. The molecule has 113 heavy (non-hydrogen) atoms. The van der Waals surface area contributed by atoms with E-state index in [0.29, 0.717) is 77.5 Å². The van der Waals surface area contributed by atoms with Crippen molar-refractivity contribution in [1.29, 1.82) is 0 Å². The van der Waals surface area contributed by atoms with Crippen LogP contribution >= 0.6 is 0 Å². The van der Waals surface area contributed by atoms with Crippen LogP contribution in [-0.2, 0) is 71.3 Å². The SMILES string of the molecule is CN(C(=O)OC(C)(C)C)C1=C(/C=C/C2=[N+](CCCCS(=O)(=O)[O-])c3ccccc3C2(C)C)CC/C1=C\C=C1\N(CCCCS(=O)(=O)[O-])c2ccccc2C1(C)C.CN(C(=O)OC(C)(C)C)C1=C(/C=C/C2=[N+](CCCCS(=O)(=O)[O-])c3ccccc3C2(C)C)CC/C1=C\C=C1\N(CCCCS(C)(=O)=O)c2ccccc2C1(C)C.[NH4+]. The first-order valence-corrected chi connectivity index (χ1v) is 45.6. The van der Waals surface area contributed by atoms with Crippen molar-refractivity contribution in [2.75, 3.05) is 79.3 Å². The van der Waals surface area contributed by atoms with Gasteiger partial charge < -0.3 is 39.1 Å². The number of hydrogen-bond acceptors (Lipinski definition) is 17. The third kappa shape index (κ3) is 22.3. The van der Waals surface area contributed by atoms with Crippen LogP contribution in [0.15, 0.2) is 191 Å². The molecule has 0 atom stereocenters. The summed E-state index contributed by atoms with van der Waals surface area (Å²) in [5.74, 6) is -1.03. The number of unbranched alkanes of at least 4 members (excludes halogenated alkanes) is 4. The lowest BCUT2D eigenvalue weighted by Gasteiger charge is -2.28. The number of nitrogens with zero attached hydrogens (tertiary/aromatic N) is 6. The third-order valence-corrected chi connectivity index (χ3v) is 25.1. The highest BCUT2D eigenvalue weighted by atomic mass is 32.2. The summed E-state index contributed by atoms with van der Waals surface area (Å²) >= 11 is 0. The summed E-state index contributed by atoms with van der Waals surface area (Å²) in [6, 6.07) is 32.9. The van der Waals surface area contributed by atoms with Crippen molar-refractivity contribution < 1.29 is 75.5 Å². The van der Waals surface area contributed by atoms with Gasteiger partial charge in [0.15, 0.2) is 11.4 Å². The minimum Gasteiger partial charge on any atom is -0.748 e. The fourth-order valence-electron chi connectivity index (χ4n) is 16.3. The zero-order valence-electron chi connectivity index (χ0n) is 69.4. The zero-order valence-corrected chi connectivity index (χ0v) is 72.7.